The summed E-state index contributed by atoms with van der Waals surface area (Å²) in [5, 5.41) is -2.29. The maximum Gasteiger partial charge on any atom is 1.00 e. The van der Waals surface area contributed by atoms with Crippen molar-refractivity contribution >= 4 is 15.2 Å². The maximum absolute atomic E-state index is 11.0. The maximum atomic E-state index is 11.0. The zero-order valence-electron chi connectivity index (χ0n) is 17.7. The van der Waals surface area contributed by atoms with Crippen molar-refractivity contribution in [3.63, 3.8) is 0 Å². The van der Waals surface area contributed by atoms with Gasteiger partial charge >= 0.3 is 88.7 Å². The minimum absolute atomic E-state index is 0. The Kier molecular flexibility index (Phi) is 24.8. The molecule has 0 radical (unpaired) electrons. The van der Waals surface area contributed by atoms with E-state index < -0.39 is 27.0 Å². The molecule has 11 heteroatoms. The molecule has 2 atom stereocenters. The second-order valence-corrected chi connectivity index (χ2v) is 10.1. The van der Waals surface area contributed by atoms with Crippen LogP contribution < -0.4 is 103 Å². The summed E-state index contributed by atoms with van der Waals surface area (Å²) in [4.78, 5) is 41.8. The second-order valence-electron chi connectivity index (χ2n) is 6.28. The normalized spacial score (nSPS) is 15.4. The molecule has 140 valence electrons. The molecule has 6 nitrogen and oxygen atoms in total. The molecule has 0 aliphatic carbocycles. The van der Waals surface area contributed by atoms with Gasteiger partial charge in [0.2, 0.25) is 0 Å². The summed E-state index contributed by atoms with van der Waals surface area (Å²) in [6, 6.07) is 0. The molecule has 0 aromatic heterocycles. The molecule has 0 amide bonds. The first-order chi connectivity index (χ1) is 10.8. The Morgan fingerprint density at radius 2 is 1.26 bits per heavy atom. The van der Waals surface area contributed by atoms with E-state index >= 15 is 0 Å². The number of allylic oxidation sites excluding steroid dienone is 6. The van der Waals surface area contributed by atoms with Crippen LogP contribution in [0.1, 0.15) is 59.8 Å². The van der Waals surface area contributed by atoms with E-state index in [1.54, 1.807) is 6.92 Å². The molecule has 2 unspecified atom stereocenters. The second kappa shape index (κ2) is 18.1. The molecule has 0 spiro atoms. The van der Waals surface area contributed by atoms with Crippen LogP contribution in [0.2, 0.25) is 0 Å². The molecule has 0 heterocycles. The molecule has 0 saturated carbocycles. The Labute approximate surface area is 229 Å². The molecule has 0 aliphatic rings. The molecule has 0 rings (SSSR count). The Balaban J connectivity index is -0.000000882. The fourth-order valence-corrected chi connectivity index (χ4v) is 4.25. The van der Waals surface area contributed by atoms with Gasteiger partial charge in [0.05, 0.1) is 5.40 Å². The first-order valence-corrected chi connectivity index (χ1v) is 11.1. The van der Waals surface area contributed by atoms with Crippen molar-refractivity contribution in [3.8, 4) is 0 Å². The molecule has 0 saturated heterocycles. The fraction of sp³-hybridized carbons (Fsp3) is 0.625. The SMILES string of the molecule is CC(C)=CCC/C(C)=C/CC/C(C)=C/CC(P(=O)([O-])[O-])P(=O)([O-])O.[Na+].[Na+].[Na+]. The van der Waals surface area contributed by atoms with Crippen molar-refractivity contribution < 1.29 is 117 Å². The van der Waals surface area contributed by atoms with Crippen LogP contribution in [0, 0.1) is 0 Å². The van der Waals surface area contributed by atoms with Crippen molar-refractivity contribution in [3.05, 3.63) is 34.9 Å². The summed E-state index contributed by atoms with van der Waals surface area (Å²) in [6.07, 6.45) is 8.45. The zero-order chi connectivity index (χ0) is 19.0. The quantitative estimate of drug-likeness (QED) is 0.202. The monoisotopic (exact) mass is 446 g/mol. The molecule has 0 bridgehead atoms. The average Bonchev–Trinajstić information content (AvgIpc) is 2.34. The molecule has 0 aromatic rings. The molecule has 27 heavy (non-hydrogen) atoms. The number of hydrogen-bond acceptors (Lipinski definition) is 5. The predicted molar refractivity (Wildman–Crippen MR) is 91.2 cm³/mol. The van der Waals surface area contributed by atoms with Crippen LogP contribution in [-0.2, 0) is 9.13 Å². The Bertz CT molecular complexity index is 567. The number of hydrogen-bond donors (Lipinski definition) is 1. The van der Waals surface area contributed by atoms with Gasteiger partial charge in [-0.2, -0.15) is 0 Å². The zero-order valence-corrected chi connectivity index (χ0v) is 25.5. The summed E-state index contributed by atoms with van der Waals surface area (Å²) in [5.74, 6) is 0. The fourth-order valence-electron chi connectivity index (χ4n) is 2.09. The van der Waals surface area contributed by atoms with E-state index in [4.69, 9.17) is 4.89 Å². The van der Waals surface area contributed by atoms with Crippen LogP contribution in [0.3, 0.4) is 0 Å². The van der Waals surface area contributed by atoms with Gasteiger partial charge in [0.25, 0.3) is 0 Å². The summed E-state index contributed by atoms with van der Waals surface area (Å²) in [7, 11) is -10.6. The Morgan fingerprint density at radius 3 is 1.63 bits per heavy atom. The first-order valence-electron chi connectivity index (χ1n) is 7.84. The van der Waals surface area contributed by atoms with Crippen molar-refractivity contribution in [1.82, 2.24) is 0 Å². The average molecular weight is 446 g/mol. The molecule has 0 aromatic carbocycles. The predicted octanol–water partition coefficient (Wildman–Crippen LogP) is -6.41. The van der Waals surface area contributed by atoms with Crippen molar-refractivity contribution in [1.29, 1.82) is 0 Å². The van der Waals surface area contributed by atoms with Gasteiger partial charge in [-0.15, -0.1) is 0 Å². The van der Waals surface area contributed by atoms with Crippen LogP contribution >= 0.6 is 15.2 Å². The molecule has 1 N–H and O–H groups in total. The summed E-state index contributed by atoms with van der Waals surface area (Å²) >= 11 is 0. The summed E-state index contributed by atoms with van der Waals surface area (Å²) in [5.41, 5.74) is 3.31. The van der Waals surface area contributed by atoms with Gasteiger partial charge in [0, 0.05) is 0 Å². The molecular weight excluding hydrogens is 419 g/mol. The van der Waals surface area contributed by atoms with Crippen LogP contribution in [0.15, 0.2) is 34.9 Å². The molecule has 0 fully saturated rings. The molecule has 0 aliphatic heterocycles. The van der Waals surface area contributed by atoms with Gasteiger partial charge in [0.1, 0.15) is 7.60 Å². The minimum Gasteiger partial charge on any atom is -0.810 e. The smallest absolute Gasteiger partial charge is 0.810 e. The largest absolute Gasteiger partial charge is 1.00 e. The summed E-state index contributed by atoms with van der Waals surface area (Å²) < 4.78 is 21.9. The van der Waals surface area contributed by atoms with Gasteiger partial charge < -0.3 is 28.7 Å². The van der Waals surface area contributed by atoms with E-state index in [9.17, 15) is 23.8 Å². The van der Waals surface area contributed by atoms with Crippen LogP contribution in [0.4, 0.5) is 0 Å². The van der Waals surface area contributed by atoms with E-state index in [-0.39, 0.29) is 88.7 Å². The van der Waals surface area contributed by atoms with E-state index in [0.29, 0.717) is 6.42 Å². The van der Waals surface area contributed by atoms with Gasteiger partial charge in [-0.1, -0.05) is 42.5 Å². The van der Waals surface area contributed by atoms with Gasteiger partial charge in [0.15, 0.2) is 0 Å². The van der Waals surface area contributed by atoms with E-state index in [1.165, 1.54) is 17.2 Å². The first kappa shape index (κ1) is 36.9. The topological polar surface area (TPSA) is 124 Å². The van der Waals surface area contributed by atoms with Crippen LogP contribution in [0.5, 0.6) is 0 Å². The van der Waals surface area contributed by atoms with Gasteiger partial charge in [-0.25, -0.2) is 0 Å². The third kappa shape index (κ3) is 20.2. The van der Waals surface area contributed by atoms with Crippen molar-refractivity contribution in [2.45, 2.75) is 65.2 Å². The third-order valence-corrected chi connectivity index (χ3v) is 7.17. The molecular formula is C16H27Na3O6P2. The van der Waals surface area contributed by atoms with E-state index in [1.807, 2.05) is 6.92 Å². The van der Waals surface area contributed by atoms with Crippen LogP contribution in [0.25, 0.3) is 0 Å². The van der Waals surface area contributed by atoms with E-state index in [0.717, 1.165) is 24.8 Å². The van der Waals surface area contributed by atoms with Gasteiger partial charge in [-0.05, 0) is 59.8 Å². The van der Waals surface area contributed by atoms with Crippen molar-refractivity contribution in [2.75, 3.05) is 0 Å². The number of rotatable bonds is 10. The Hall–Kier alpha value is 2.52. The minimum atomic E-state index is -5.40. The summed E-state index contributed by atoms with van der Waals surface area (Å²) in [6.45, 7) is 7.88. The van der Waals surface area contributed by atoms with Crippen LogP contribution in [-0.4, -0.2) is 10.3 Å². The van der Waals surface area contributed by atoms with Gasteiger partial charge in [-0.3, -0.25) is 0 Å². The standard InChI is InChI=1S/C16H30O6P2.3Na/c1-13(2)7-5-8-14(3)9-6-10-15(4)11-12-16(23(17,18)19)24(20,21)22;;;/h7,9,11,16H,5-6,8,10,12H2,1-4H3,(H2,17,18,19)(H2,20,21,22);;;/q;3*+1/p-3/b14-9+,15-11+;;;. The Morgan fingerprint density at radius 1 is 0.852 bits per heavy atom. The third-order valence-electron chi connectivity index (χ3n) is 3.54. The van der Waals surface area contributed by atoms with E-state index in [2.05, 4.69) is 26.0 Å². The van der Waals surface area contributed by atoms with Crippen molar-refractivity contribution in [2.24, 2.45) is 0 Å².